The van der Waals surface area contributed by atoms with E-state index in [1.807, 2.05) is 11.5 Å². The molecule has 2 N–H and O–H groups in total. The average molecular weight is 394 g/mol. The highest BCUT2D eigenvalue weighted by molar-refractivity contribution is 7.97. The van der Waals surface area contributed by atoms with Gasteiger partial charge in [0.15, 0.2) is 5.82 Å². The number of aromatic nitrogens is 2. The molecule has 136 valence electrons. The summed E-state index contributed by atoms with van der Waals surface area (Å²) in [5.41, 5.74) is -0.212. The second kappa shape index (κ2) is 5.83. The first-order chi connectivity index (χ1) is 12.6. The van der Waals surface area contributed by atoms with E-state index in [2.05, 4.69) is 9.69 Å². The highest BCUT2D eigenvalue weighted by atomic mass is 32.2. The van der Waals surface area contributed by atoms with Crippen molar-refractivity contribution in [2.24, 2.45) is 0 Å². The van der Waals surface area contributed by atoms with Crippen LogP contribution in [0.1, 0.15) is 13.0 Å². The average Bonchev–Trinajstić information content (AvgIpc) is 3.03. The van der Waals surface area contributed by atoms with E-state index in [1.165, 1.54) is 6.07 Å². The van der Waals surface area contributed by atoms with Crippen LogP contribution < -0.4 is 21.0 Å². The molecule has 0 amide bonds. The molecule has 1 fully saturated rings. The highest BCUT2D eigenvalue weighted by Crippen LogP contribution is 2.41. The van der Waals surface area contributed by atoms with Gasteiger partial charge < -0.3 is 14.6 Å². The molecular formula is C17H17FN3O3S2+. The molecule has 3 aromatic rings. The third-order valence-electron chi connectivity index (χ3n) is 5.03. The van der Waals surface area contributed by atoms with Crippen molar-refractivity contribution in [2.75, 3.05) is 31.2 Å². The third kappa shape index (κ3) is 2.14. The van der Waals surface area contributed by atoms with Gasteiger partial charge in [-0.1, -0.05) is 0 Å². The fraction of sp³-hybridized carbons (Fsp3) is 0.412. The molecule has 26 heavy (non-hydrogen) atoms. The summed E-state index contributed by atoms with van der Waals surface area (Å²) >= 11 is 1.15. The molecule has 0 spiro atoms. The van der Waals surface area contributed by atoms with Crippen LogP contribution in [0.25, 0.3) is 21.1 Å². The lowest BCUT2D eigenvalue weighted by Crippen LogP contribution is -2.37. The Hall–Kier alpha value is -1.84. The molecule has 6 nitrogen and oxygen atoms in total. The maximum Gasteiger partial charge on any atom is 0.271 e. The molecule has 1 aromatic carbocycles. The van der Waals surface area contributed by atoms with Gasteiger partial charge >= 0.3 is 0 Å². The maximum absolute atomic E-state index is 15.1. The first kappa shape index (κ1) is 16.3. The Morgan fingerprint density at radius 3 is 2.88 bits per heavy atom. The van der Waals surface area contributed by atoms with Gasteiger partial charge in [-0.25, -0.2) is 4.39 Å². The Kier molecular flexibility index (Phi) is 3.67. The molecule has 5 rings (SSSR count). The summed E-state index contributed by atoms with van der Waals surface area (Å²) in [6.07, 6.45) is 0. The van der Waals surface area contributed by atoms with E-state index in [-0.39, 0.29) is 27.7 Å². The summed E-state index contributed by atoms with van der Waals surface area (Å²) < 4.78 is 25.7. The van der Waals surface area contributed by atoms with Crippen LogP contribution in [0.3, 0.4) is 0 Å². The fourth-order valence-corrected chi connectivity index (χ4v) is 6.93. The Balaban J connectivity index is 1.95. The number of H-pyrrole nitrogens is 1. The molecule has 1 unspecified atom stereocenters. The zero-order chi connectivity index (χ0) is 18.0. The van der Waals surface area contributed by atoms with Crippen LogP contribution in [0.5, 0.6) is 5.75 Å². The summed E-state index contributed by atoms with van der Waals surface area (Å²) in [5.74, 6) is 1.81. The molecular weight excluding hydrogens is 377 g/mol. The van der Waals surface area contributed by atoms with Crippen LogP contribution in [0, 0.1) is 5.82 Å². The van der Waals surface area contributed by atoms with Crippen LogP contribution in [0.2, 0.25) is 0 Å². The third-order valence-corrected chi connectivity index (χ3v) is 8.26. The predicted molar refractivity (Wildman–Crippen MR) is 103 cm³/mol. The smallest absolute Gasteiger partial charge is 0.271 e. The van der Waals surface area contributed by atoms with Crippen LogP contribution >= 0.6 is 11.5 Å². The second-order valence-electron chi connectivity index (χ2n) is 6.64. The molecule has 0 aliphatic carbocycles. The van der Waals surface area contributed by atoms with Crippen molar-refractivity contribution in [3.8, 4) is 5.75 Å². The maximum atomic E-state index is 15.1. The van der Waals surface area contributed by atoms with Gasteiger partial charge in [-0.2, -0.15) is 0 Å². The molecule has 0 saturated carbocycles. The first-order valence-electron chi connectivity index (χ1n) is 8.51. The number of hydrogen-bond acceptors (Lipinski definition) is 5. The minimum absolute atomic E-state index is 0.0470. The number of fused-ring (bicyclic) bond motifs is 2. The Bertz CT molecular complexity index is 1160. The topological polar surface area (TPSA) is 76.1 Å². The van der Waals surface area contributed by atoms with Crippen LogP contribution in [-0.4, -0.2) is 40.1 Å². The SMILES string of the molecule is CC1COc2c([S+]3CCNCC3)c(F)cc3c(=O)c4c(=O)[nH]sc4n1c23. The zero-order valence-corrected chi connectivity index (χ0v) is 15.7. The Morgan fingerprint density at radius 2 is 2.12 bits per heavy atom. The van der Waals surface area contributed by atoms with E-state index in [4.69, 9.17) is 4.74 Å². The monoisotopic (exact) mass is 394 g/mol. The van der Waals surface area contributed by atoms with Crippen molar-refractivity contribution in [3.63, 3.8) is 0 Å². The van der Waals surface area contributed by atoms with Gasteiger partial charge in [0.2, 0.25) is 16.1 Å². The largest absolute Gasteiger partial charge is 0.484 e. The molecule has 0 bridgehead atoms. The van der Waals surface area contributed by atoms with Gasteiger partial charge in [0.1, 0.15) is 33.8 Å². The molecule has 1 atom stereocenters. The van der Waals surface area contributed by atoms with Gasteiger partial charge in [0.05, 0.1) is 11.4 Å². The van der Waals surface area contributed by atoms with Gasteiger partial charge in [-0.05, 0) is 24.5 Å². The number of nitrogens with zero attached hydrogens (tertiary/aromatic N) is 1. The van der Waals surface area contributed by atoms with E-state index in [1.54, 1.807) is 0 Å². The summed E-state index contributed by atoms with van der Waals surface area (Å²) in [6.45, 7) is 4.06. The van der Waals surface area contributed by atoms with Crippen molar-refractivity contribution in [3.05, 3.63) is 32.5 Å². The zero-order valence-electron chi connectivity index (χ0n) is 14.1. The van der Waals surface area contributed by atoms with Crippen molar-refractivity contribution in [2.45, 2.75) is 17.9 Å². The quantitative estimate of drug-likeness (QED) is 0.615. The number of rotatable bonds is 1. The number of halogens is 1. The molecule has 2 aromatic heterocycles. The summed E-state index contributed by atoms with van der Waals surface area (Å²) in [4.78, 5) is 26.2. The number of pyridine rings is 1. The lowest BCUT2D eigenvalue weighted by Gasteiger charge is -2.28. The van der Waals surface area contributed by atoms with Crippen LogP contribution in [-0.2, 0) is 10.9 Å². The second-order valence-corrected chi connectivity index (χ2v) is 9.64. The highest BCUT2D eigenvalue weighted by Gasteiger charge is 2.37. The van der Waals surface area contributed by atoms with Gasteiger partial charge in [0, 0.05) is 24.0 Å². The summed E-state index contributed by atoms with van der Waals surface area (Å²) in [6, 6.07) is 1.26. The fourth-order valence-electron chi connectivity index (χ4n) is 3.83. The lowest BCUT2D eigenvalue weighted by atomic mass is 10.1. The number of ether oxygens (including phenoxy) is 1. The van der Waals surface area contributed by atoms with E-state index in [9.17, 15) is 9.59 Å². The van der Waals surface area contributed by atoms with Gasteiger partial charge in [-0.15, -0.1) is 0 Å². The normalized spacial score (nSPS) is 20.6. The van der Waals surface area contributed by atoms with Gasteiger partial charge in [0.25, 0.3) is 5.56 Å². The van der Waals surface area contributed by atoms with Gasteiger partial charge in [-0.3, -0.25) is 14.0 Å². The standard InChI is InChI=1S/C17H16FN3O3S2/c1-8-7-24-14-12-9(6-10(18)15(14)26-4-2-19-3-5-26)13(22)11-16(23)20-25-17(11)21(8)12/h6,8,19H,2-5,7H2,1H3/p+1. The predicted octanol–water partition coefficient (Wildman–Crippen LogP) is 1.58. The molecule has 1 saturated heterocycles. The molecule has 4 heterocycles. The minimum atomic E-state index is -0.424. The van der Waals surface area contributed by atoms with Crippen molar-refractivity contribution >= 4 is 43.5 Å². The molecule has 9 heteroatoms. The minimum Gasteiger partial charge on any atom is -0.484 e. The first-order valence-corrected chi connectivity index (χ1v) is 10.9. The molecule has 0 radical (unpaired) electrons. The molecule has 2 aliphatic rings. The van der Waals surface area contributed by atoms with Crippen molar-refractivity contribution < 1.29 is 9.13 Å². The van der Waals surface area contributed by atoms with E-state index < -0.39 is 16.8 Å². The van der Waals surface area contributed by atoms with Crippen LogP contribution in [0.4, 0.5) is 4.39 Å². The number of aromatic amines is 1. The van der Waals surface area contributed by atoms with Crippen molar-refractivity contribution in [1.29, 1.82) is 0 Å². The van der Waals surface area contributed by atoms with Crippen molar-refractivity contribution in [1.82, 2.24) is 14.3 Å². The van der Waals surface area contributed by atoms with Crippen LogP contribution in [0.15, 0.2) is 20.6 Å². The number of nitrogens with one attached hydrogen (secondary N) is 2. The lowest BCUT2D eigenvalue weighted by molar-refractivity contribution is 0.243. The summed E-state index contributed by atoms with van der Waals surface area (Å²) in [5, 5.41) is 3.63. The van der Waals surface area contributed by atoms with E-state index in [0.717, 1.165) is 36.1 Å². The van der Waals surface area contributed by atoms with E-state index in [0.29, 0.717) is 27.6 Å². The van der Waals surface area contributed by atoms with E-state index >= 15 is 4.39 Å². The Labute approximate surface area is 154 Å². The number of benzene rings is 1. The molecule has 2 aliphatic heterocycles. The Morgan fingerprint density at radius 1 is 1.35 bits per heavy atom. The number of hydrogen-bond donors (Lipinski definition) is 2. The summed E-state index contributed by atoms with van der Waals surface area (Å²) in [7, 11) is -0.252.